The smallest absolute Gasteiger partial charge is 0.421 e. The van der Waals surface area contributed by atoms with Crippen molar-refractivity contribution < 1.29 is 40.6 Å². The van der Waals surface area contributed by atoms with Gasteiger partial charge in [-0.15, -0.1) is 0 Å². The third kappa shape index (κ3) is 10.9. The predicted molar refractivity (Wildman–Crippen MR) is 180 cm³/mol. The Balaban J connectivity index is 1.98. The van der Waals surface area contributed by atoms with Gasteiger partial charge in [0.15, 0.2) is 0 Å². The lowest BCUT2D eigenvalue weighted by atomic mass is 10.1. The fourth-order valence-corrected chi connectivity index (χ4v) is 4.92. The standard InChI is InChI=1S/C31H40F3N7O6S/c1-8-28(42)36-23-17-24(27(46-6)18-25(23)41(4)13-12-40(2)3)37-29-21(31(32,33)34)19-35-30(39-29)38-22-11-10-20(16-26(22)45-5)47-14-9-15-48(7,43)44/h8,10-11,16-19H,1,9,12-15H2,2-7H3,(H,36,42)(H2,35,37,38,39). The van der Waals surface area contributed by atoms with Gasteiger partial charge in [-0.1, -0.05) is 6.58 Å². The highest BCUT2D eigenvalue weighted by atomic mass is 32.2. The summed E-state index contributed by atoms with van der Waals surface area (Å²) in [6, 6.07) is 7.72. The second-order valence-electron chi connectivity index (χ2n) is 10.9. The molecule has 1 aromatic heterocycles. The van der Waals surface area contributed by atoms with Crippen LogP contribution in [-0.2, 0) is 20.8 Å². The number of benzene rings is 2. The Morgan fingerprint density at radius 3 is 2.29 bits per heavy atom. The number of nitrogens with zero attached hydrogens (tertiary/aromatic N) is 4. The van der Waals surface area contributed by atoms with Crippen molar-refractivity contribution in [1.82, 2.24) is 14.9 Å². The third-order valence-electron chi connectivity index (χ3n) is 6.75. The number of anilines is 6. The van der Waals surface area contributed by atoms with Crippen LogP contribution in [0.15, 0.2) is 49.2 Å². The van der Waals surface area contributed by atoms with E-state index in [9.17, 15) is 26.4 Å². The molecule has 0 atom stereocenters. The van der Waals surface area contributed by atoms with Crippen LogP contribution in [0.5, 0.6) is 17.2 Å². The van der Waals surface area contributed by atoms with Gasteiger partial charge in [0.1, 0.15) is 38.5 Å². The van der Waals surface area contributed by atoms with Crippen molar-refractivity contribution in [1.29, 1.82) is 0 Å². The van der Waals surface area contributed by atoms with E-state index in [0.29, 0.717) is 48.5 Å². The lowest BCUT2D eigenvalue weighted by Gasteiger charge is -2.26. The van der Waals surface area contributed by atoms with Gasteiger partial charge >= 0.3 is 6.18 Å². The number of halogens is 3. The molecule has 0 fully saturated rings. The summed E-state index contributed by atoms with van der Waals surface area (Å²) in [5.41, 5.74) is 0.124. The number of hydrogen-bond acceptors (Lipinski definition) is 12. The first-order valence-corrected chi connectivity index (χ1v) is 16.6. The monoisotopic (exact) mass is 695 g/mol. The Morgan fingerprint density at radius 2 is 1.69 bits per heavy atom. The minimum absolute atomic E-state index is 0.0278. The minimum atomic E-state index is -4.83. The van der Waals surface area contributed by atoms with E-state index in [1.807, 2.05) is 30.9 Å². The van der Waals surface area contributed by atoms with Crippen molar-refractivity contribution in [3.8, 4) is 17.2 Å². The second-order valence-corrected chi connectivity index (χ2v) is 13.1. The number of sulfone groups is 1. The molecule has 0 aliphatic carbocycles. The summed E-state index contributed by atoms with van der Waals surface area (Å²) >= 11 is 0. The van der Waals surface area contributed by atoms with Gasteiger partial charge < -0.3 is 40.0 Å². The number of methoxy groups -OCH3 is 2. The minimum Gasteiger partial charge on any atom is -0.494 e. The average Bonchev–Trinajstić information content (AvgIpc) is 3.01. The molecule has 0 saturated heterocycles. The van der Waals surface area contributed by atoms with Crippen LogP contribution in [0.3, 0.4) is 0 Å². The van der Waals surface area contributed by atoms with Crippen molar-refractivity contribution in [3.63, 3.8) is 0 Å². The number of alkyl halides is 3. The normalized spacial score (nSPS) is 11.5. The molecule has 0 bridgehead atoms. The maximum atomic E-state index is 14.1. The lowest BCUT2D eigenvalue weighted by Crippen LogP contribution is -2.29. The van der Waals surface area contributed by atoms with Gasteiger partial charge in [0.05, 0.1) is 49.3 Å². The Labute approximate surface area is 278 Å². The summed E-state index contributed by atoms with van der Waals surface area (Å²) in [6.45, 7) is 4.88. The highest BCUT2D eigenvalue weighted by Crippen LogP contribution is 2.41. The first-order valence-electron chi connectivity index (χ1n) is 14.5. The van der Waals surface area contributed by atoms with Gasteiger partial charge in [-0.3, -0.25) is 4.79 Å². The van der Waals surface area contributed by atoms with Crippen molar-refractivity contribution in [3.05, 3.63) is 54.7 Å². The first-order chi connectivity index (χ1) is 22.5. The summed E-state index contributed by atoms with van der Waals surface area (Å²) in [7, 11) is 5.28. The molecular formula is C31H40F3N7O6S. The molecule has 48 heavy (non-hydrogen) atoms. The van der Waals surface area contributed by atoms with Gasteiger partial charge in [-0.25, -0.2) is 13.4 Å². The number of likely N-dealkylation sites (N-methyl/N-ethyl adjacent to an activating group) is 2. The molecule has 0 aliphatic heterocycles. The topological polar surface area (TPSA) is 147 Å². The Kier molecular flexibility index (Phi) is 12.8. The molecule has 17 heteroatoms. The number of carbonyl (C=O) groups is 1. The number of ether oxygens (including phenoxy) is 3. The summed E-state index contributed by atoms with van der Waals surface area (Å²) in [6.07, 6.45) is -1.68. The second kappa shape index (κ2) is 16.4. The van der Waals surface area contributed by atoms with Crippen molar-refractivity contribution >= 4 is 50.3 Å². The van der Waals surface area contributed by atoms with E-state index in [0.717, 1.165) is 12.3 Å². The average molecular weight is 696 g/mol. The van der Waals surface area contributed by atoms with Crippen LogP contribution in [0, 0.1) is 0 Å². The zero-order valence-electron chi connectivity index (χ0n) is 27.6. The van der Waals surface area contributed by atoms with Crippen molar-refractivity contribution in [2.45, 2.75) is 12.6 Å². The number of nitrogens with one attached hydrogen (secondary N) is 3. The molecule has 0 radical (unpaired) electrons. The van der Waals surface area contributed by atoms with Crippen LogP contribution in [-0.4, -0.2) is 96.3 Å². The number of aromatic nitrogens is 2. The van der Waals surface area contributed by atoms with E-state index >= 15 is 0 Å². The summed E-state index contributed by atoms with van der Waals surface area (Å²) in [5.74, 6) is -0.469. The van der Waals surface area contributed by atoms with Gasteiger partial charge in [-0.2, -0.15) is 18.2 Å². The van der Waals surface area contributed by atoms with Gasteiger partial charge in [0, 0.05) is 44.7 Å². The van der Waals surface area contributed by atoms with E-state index < -0.39 is 33.3 Å². The molecule has 1 heterocycles. The molecule has 2 aromatic carbocycles. The molecule has 262 valence electrons. The summed E-state index contributed by atoms with van der Waals surface area (Å²) in [5, 5.41) is 8.29. The molecule has 0 unspecified atom stereocenters. The number of hydrogen-bond donors (Lipinski definition) is 3. The van der Waals surface area contributed by atoms with E-state index in [1.54, 1.807) is 18.2 Å². The molecular weight excluding hydrogens is 655 g/mol. The fourth-order valence-electron chi connectivity index (χ4n) is 4.27. The highest BCUT2D eigenvalue weighted by molar-refractivity contribution is 7.90. The van der Waals surface area contributed by atoms with E-state index in [-0.39, 0.29) is 35.5 Å². The van der Waals surface area contributed by atoms with Gasteiger partial charge in [-0.05, 0) is 44.8 Å². The predicted octanol–water partition coefficient (Wildman–Crippen LogP) is 4.94. The zero-order valence-corrected chi connectivity index (χ0v) is 28.4. The Hall–Kier alpha value is -4.77. The number of carbonyl (C=O) groups excluding carboxylic acids is 1. The van der Waals surface area contributed by atoms with Crippen LogP contribution in [0.2, 0.25) is 0 Å². The van der Waals surface area contributed by atoms with Crippen LogP contribution >= 0.6 is 0 Å². The largest absolute Gasteiger partial charge is 0.494 e. The molecule has 0 spiro atoms. The molecule has 3 aromatic rings. The van der Waals surface area contributed by atoms with E-state index in [1.165, 1.54) is 26.4 Å². The third-order valence-corrected chi connectivity index (χ3v) is 7.78. The molecule has 3 N–H and O–H groups in total. The SMILES string of the molecule is C=CC(=O)Nc1cc(Nc2nc(Nc3ccc(OCCCS(C)(=O)=O)cc3OC)ncc2C(F)(F)F)c(OC)cc1N(C)CCN(C)C. The van der Waals surface area contributed by atoms with Crippen LogP contribution < -0.4 is 35.1 Å². The fraction of sp³-hybridized carbons (Fsp3) is 0.387. The molecule has 3 rings (SSSR count). The quantitative estimate of drug-likeness (QED) is 0.130. The Bertz CT molecular complexity index is 1700. The molecule has 0 saturated carbocycles. The zero-order chi connectivity index (χ0) is 35.6. The number of rotatable bonds is 17. The van der Waals surface area contributed by atoms with Crippen molar-refractivity contribution in [2.24, 2.45) is 0 Å². The van der Waals surface area contributed by atoms with Crippen LogP contribution in [0.1, 0.15) is 12.0 Å². The Morgan fingerprint density at radius 1 is 1.00 bits per heavy atom. The number of amides is 1. The molecule has 1 amide bonds. The lowest BCUT2D eigenvalue weighted by molar-refractivity contribution is -0.137. The van der Waals surface area contributed by atoms with E-state index in [4.69, 9.17) is 14.2 Å². The van der Waals surface area contributed by atoms with Crippen molar-refractivity contribution in [2.75, 3.05) is 87.9 Å². The highest BCUT2D eigenvalue weighted by Gasteiger charge is 2.36. The van der Waals surface area contributed by atoms with E-state index in [2.05, 4.69) is 32.5 Å². The molecule has 0 aliphatic rings. The maximum Gasteiger partial charge on any atom is 0.421 e. The van der Waals surface area contributed by atoms with Gasteiger partial charge in [0.25, 0.3) is 0 Å². The first kappa shape index (κ1) is 37.7. The van der Waals surface area contributed by atoms with Crippen LogP contribution in [0.25, 0.3) is 0 Å². The summed E-state index contributed by atoms with van der Waals surface area (Å²) in [4.78, 5) is 24.2. The molecule has 13 nitrogen and oxygen atoms in total. The maximum absolute atomic E-state index is 14.1. The van der Waals surface area contributed by atoms with Gasteiger partial charge in [0.2, 0.25) is 11.9 Å². The summed E-state index contributed by atoms with van der Waals surface area (Å²) < 4.78 is 81.7. The van der Waals surface area contributed by atoms with Crippen LogP contribution in [0.4, 0.5) is 47.7 Å².